The minimum atomic E-state index is 0.334. The molecule has 18 heavy (non-hydrogen) atoms. The van der Waals surface area contributed by atoms with E-state index in [-0.39, 0.29) is 0 Å². The normalized spacial score (nSPS) is 16.2. The summed E-state index contributed by atoms with van der Waals surface area (Å²) in [6.07, 6.45) is 3.52. The summed E-state index contributed by atoms with van der Waals surface area (Å²) in [5.74, 6) is 1.10. The standard InChI is InChI=1S/C16H27NO/c1-5-12(3)11-13(4)17-16(6-2)14-7-9-15(18)10-8-14/h7-10,12-13,16-18H,5-6,11H2,1-4H3. The lowest BCUT2D eigenvalue weighted by Gasteiger charge is -2.24. The van der Waals surface area contributed by atoms with Crippen LogP contribution in [0.25, 0.3) is 0 Å². The zero-order valence-corrected chi connectivity index (χ0v) is 12.1. The Hall–Kier alpha value is -1.02. The molecular formula is C16H27NO. The fourth-order valence-corrected chi connectivity index (χ4v) is 2.34. The van der Waals surface area contributed by atoms with E-state index in [4.69, 9.17) is 0 Å². The summed E-state index contributed by atoms with van der Waals surface area (Å²) in [4.78, 5) is 0. The van der Waals surface area contributed by atoms with Crippen LogP contribution in [-0.4, -0.2) is 11.1 Å². The van der Waals surface area contributed by atoms with Crippen LogP contribution in [0.2, 0.25) is 0 Å². The van der Waals surface area contributed by atoms with Gasteiger partial charge in [0.1, 0.15) is 5.75 Å². The highest BCUT2D eigenvalue weighted by Gasteiger charge is 2.14. The van der Waals surface area contributed by atoms with Crippen LogP contribution in [0, 0.1) is 5.92 Å². The van der Waals surface area contributed by atoms with Gasteiger partial charge in [-0.1, -0.05) is 39.3 Å². The molecule has 0 heterocycles. The Morgan fingerprint density at radius 1 is 1.06 bits per heavy atom. The van der Waals surface area contributed by atoms with Gasteiger partial charge in [0.15, 0.2) is 0 Å². The summed E-state index contributed by atoms with van der Waals surface area (Å²) in [7, 11) is 0. The maximum atomic E-state index is 9.32. The quantitative estimate of drug-likeness (QED) is 0.757. The largest absolute Gasteiger partial charge is 0.508 e. The van der Waals surface area contributed by atoms with Gasteiger partial charge < -0.3 is 10.4 Å². The molecule has 1 aromatic carbocycles. The van der Waals surface area contributed by atoms with Crippen LogP contribution in [0.1, 0.15) is 58.6 Å². The Morgan fingerprint density at radius 3 is 2.17 bits per heavy atom. The highest BCUT2D eigenvalue weighted by molar-refractivity contribution is 5.28. The Morgan fingerprint density at radius 2 is 1.67 bits per heavy atom. The third kappa shape index (κ3) is 4.69. The van der Waals surface area contributed by atoms with E-state index in [1.54, 1.807) is 12.1 Å². The topological polar surface area (TPSA) is 32.3 Å². The number of benzene rings is 1. The van der Waals surface area contributed by atoms with Gasteiger partial charge in [-0.05, 0) is 43.4 Å². The first kappa shape index (κ1) is 15.0. The van der Waals surface area contributed by atoms with Crippen molar-refractivity contribution in [2.45, 2.75) is 59.0 Å². The second-order valence-electron chi connectivity index (χ2n) is 5.37. The fraction of sp³-hybridized carbons (Fsp3) is 0.625. The lowest BCUT2D eigenvalue weighted by atomic mass is 9.98. The minimum absolute atomic E-state index is 0.334. The molecule has 0 aliphatic carbocycles. The average Bonchev–Trinajstić information content (AvgIpc) is 2.37. The molecule has 0 aromatic heterocycles. The van der Waals surface area contributed by atoms with Crippen LogP contribution in [-0.2, 0) is 0 Å². The minimum Gasteiger partial charge on any atom is -0.508 e. The number of hydrogen-bond acceptors (Lipinski definition) is 2. The molecule has 2 N–H and O–H groups in total. The van der Waals surface area contributed by atoms with Crippen molar-refractivity contribution in [2.24, 2.45) is 5.92 Å². The van der Waals surface area contributed by atoms with Crippen molar-refractivity contribution in [3.05, 3.63) is 29.8 Å². The third-order valence-corrected chi connectivity index (χ3v) is 3.64. The summed E-state index contributed by atoms with van der Waals surface area (Å²) < 4.78 is 0. The van der Waals surface area contributed by atoms with Gasteiger partial charge in [-0.2, -0.15) is 0 Å². The van der Waals surface area contributed by atoms with Crippen LogP contribution in [0.3, 0.4) is 0 Å². The molecule has 0 aliphatic rings. The lowest BCUT2D eigenvalue weighted by Crippen LogP contribution is -2.31. The molecular weight excluding hydrogens is 222 g/mol. The van der Waals surface area contributed by atoms with Crippen LogP contribution in [0.15, 0.2) is 24.3 Å². The number of phenols is 1. The van der Waals surface area contributed by atoms with Gasteiger partial charge >= 0.3 is 0 Å². The smallest absolute Gasteiger partial charge is 0.115 e. The van der Waals surface area contributed by atoms with E-state index in [0.29, 0.717) is 17.8 Å². The first-order chi connectivity index (χ1) is 8.56. The zero-order valence-electron chi connectivity index (χ0n) is 12.1. The van der Waals surface area contributed by atoms with Crippen molar-refractivity contribution < 1.29 is 5.11 Å². The van der Waals surface area contributed by atoms with Crippen LogP contribution in [0.5, 0.6) is 5.75 Å². The Kier molecular flexibility index (Phi) is 6.20. The Bertz CT molecular complexity index is 333. The molecule has 3 atom stereocenters. The van der Waals surface area contributed by atoms with Crippen molar-refractivity contribution in [3.63, 3.8) is 0 Å². The van der Waals surface area contributed by atoms with Gasteiger partial charge in [-0.3, -0.25) is 0 Å². The van der Waals surface area contributed by atoms with Gasteiger partial charge in [0, 0.05) is 12.1 Å². The number of rotatable bonds is 7. The van der Waals surface area contributed by atoms with E-state index in [1.165, 1.54) is 18.4 Å². The SMILES string of the molecule is CCC(C)CC(C)NC(CC)c1ccc(O)cc1. The van der Waals surface area contributed by atoms with Crippen LogP contribution < -0.4 is 5.32 Å². The van der Waals surface area contributed by atoms with Crippen LogP contribution in [0.4, 0.5) is 0 Å². The summed E-state index contributed by atoms with van der Waals surface area (Å²) >= 11 is 0. The predicted molar refractivity (Wildman–Crippen MR) is 77.8 cm³/mol. The second-order valence-corrected chi connectivity index (χ2v) is 5.37. The molecule has 0 bridgehead atoms. The van der Waals surface area contributed by atoms with Crippen molar-refractivity contribution >= 4 is 0 Å². The third-order valence-electron chi connectivity index (χ3n) is 3.64. The molecule has 0 saturated carbocycles. The molecule has 3 unspecified atom stereocenters. The Labute approximate surface area is 111 Å². The van der Waals surface area contributed by atoms with E-state index in [2.05, 4.69) is 33.0 Å². The van der Waals surface area contributed by atoms with Crippen molar-refractivity contribution in [1.82, 2.24) is 5.32 Å². The highest BCUT2D eigenvalue weighted by atomic mass is 16.3. The fourth-order valence-electron chi connectivity index (χ4n) is 2.34. The second kappa shape index (κ2) is 7.42. The molecule has 0 amide bonds. The predicted octanol–water partition coefficient (Wildman–Crippen LogP) is 4.26. The van der Waals surface area contributed by atoms with Gasteiger partial charge in [-0.25, -0.2) is 0 Å². The highest BCUT2D eigenvalue weighted by Crippen LogP contribution is 2.21. The summed E-state index contributed by atoms with van der Waals surface area (Å²) in [6, 6.07) is 8.44. The van der Waals surface area contributed by atoms with E-state index in [9.17, 15) is 5.11 Å². The molecule has 2 nitrogen and oxygen atoms in total. The molecule has 0 radical (unpaired) electrons. The number of nitrogens with one attached hydrogen (secondary N) is 1. The van der Waals surface area contributed by atoms with Crippen LogP contribution >= 0.6 is 0 Å². The first-order valence-electron chi connectivity index (χ1n) is 7.11. The average molecular weight is 249 g/mol. The molecule has 0 spiro atoms. The van der Waals surface area contributed by atoms with E-state index in [0.717, 1.165) is 12.3 Å². The maximum Gasteiger partial charge on any atom is 0.115 e. The number of hydrogen-bond donors (Lipinski definition) is 2. The Balaban J connectivity index is 2.58. The summed E-state index contributed by atoms with van der Waals surface area (Å²) in [6.45, 7) is 9.00. The molecule has 102 valence electrons. The van der Waals surface area contributed by atoms with Gasteiger partial charge in [0.2, 0.25) is 0 Å². The summed E-state index contributed by atoms with van der Waals surface area (Å²) in [5, 5.41) is 13.0. The van der Waals surface area contributed by atoms with E-state index < -0.39 is 0 Å². The van der Waals surface area contributed by atoms with Gasteiger partial charge in [0.25, 0.3) is 0 Å². The van der Waals surface area contributed by atoms with E-state index >= 15 is 0 Å². The molecule has 0 fully saturated rings. The zero-order chi connectivity index (χ0) is 13.5. The molecule has 2 heteroatoms. The van der Waals surface area contributed by atoms with Gasteiger partial charge in [-0.15, -0.1) is 0 Å². The maximum absolute atomic E-state index is 9.32. The molecule has 0 aliphatic heterocycles. The van der Waals surface area contributed by atoms with Crippen molar-refractivity contribution in [2.75, 3.05) is 0 Å². The van der Waals surface area contributed by atoms with E-state index in [1.807, 2.05) is 12.1 Å². The monoisotopic (exact) mass is 249 g/mol. The molecule has 1 aromatic rings. The lowest BCUT2D eigenvalue weighted by molar-refractivity contribution is 0.370. The van der Waals surface area contributed by atoms with Crippen molar-refractivity contribution in [1.29, 1.82) is 0 Å². The van der Waals surface area contributed by atoms with Crippen molar-refractivity contribution in [3.8, 4) is 5.75 Å². The summed E-state index contributed by atoms with van der Waals surface area (Å²) in [5.41, 5.74) is 1.26. The first-order valence-corrected chi connectivity index (χ1v) is 7.11. The molecule has 1 rings (SSSR count). The molecule has 0 saturated heterocycles. The van der Waals surface area contributed by atoms with Gasteiger partial charge in [0.05, 0.1) is 0 Å². The number of phenolic OH excluding ortho intramolecular Hbond substituents is 1. The number of aromatic hydroxyl groups is 1.